The maximum atomic E-state index is 4.87. The number of rotatable bonds is 4. The normalized spacial score (nSPS) is 10.1. The number of aromatic nitrogens is 1. The molecule has 0 radical (unpaired) electrons. The molecular weight excluding hydrogens is 128 g/mol. The molecule has 1 aromatic heterocycles. The Hall–Kier alpha value is -0.830. The highest BCUT2D eigenvalue weighted by molar-refractivity contribution is 4.91. The van der Waals surface area contributed by atoms with Crippen LogP contribution in [0.15, 0.2) is 16.8 Å². The summed E-state index contributed by atoms with van der Waals surface area (Å²) in [4.78, 5) is 0. The minimum absolute atomic E-state index is 0.786. The van der Waals surface area contributed by atoms with Crippen molar-refractivity contribution in [1.82, 2.24) is 10.5 Å². The van der Waals surface area contributed by atoms with Crippen LogP contribution in [-0.2, 0) is 6.54 Å². The lowest BCUT2D eigenvalue weighted by atomic mass is 10.4. The Morgan fingerprint density at radius 3 is 3.20 bits per heavy atom. The highest BCUT2D eigenvalue weighted by atomic mass is 16.5. The van der Waals surface area contributed by atoms with Gasteiger partial charge in [0.1, 0.15) is 5.76 Å². The van der Waals surface area contributed by atoms with Gasteiger partial charge in [-0.2, -0.15) is 0 Å². The van der Waals surface area contributed by atoms with E-state index in [0.717, 1.165) is 25.3 Å². The zero-order valence-corrected chi connectivity index (χ0v) is 6.13. The van der Waals surface area contributed by atoms with Crippen molar-refractivity contribution in [3.8, 4) is 0 Å². The average molecular weight is 140 g/mol. The first-order chi connectivity index (χ1) is 4.93. The first-order valence-electron chi connectivity index (χ1n) is 3.53. The van der Waals surface area contributed by atoms with Crippen molar-refractivity contribution >= 4 is 0 Å². The standard InChI is InChI=1S/C7H12N2O/c1-2-4-8-6-7-3-5-9-10-7/h3,5,8H,2,4,6H2,1H3. The second-order valence-corrected chi connectivity index (χ2v) is 2.16. The van der Waals surface area contributed by atoms with E-state index < -0.39 is 0 Å². The minimum atomic E-state index is 0.786. The molecule has 0 saturated carbocycles. The molecule has 3 heteroatoms. The zero-order chi connectivity index (χ0) is 7.23. The van der Waals surface area contributed by atoms with Crippen molar-refractivity contribution in [3.05, 3.63) is 18.0 Å². The zero-order valence-electron chi connectivity index (χ0n) is 6.13. The summed E-state index contributed by atoms with van der Waals surface area (Å²) in [5.41, 5.74) is 0. The monoisotopic (exact) mass is 140 g/mol. The van der Waals surface area contributed by atoms with Crippen molar-refractivity contribution in [2.45, 2.75) is 19.9 Å². The van der Waals surface area contributed by atoms with Gasteiger partial charge in [-0.25, -0.2) is 0 Å². The van der Waals surface area contributed by atoms with Gasteiger partial charge in [0.05, 0.1) is 12.7 Å². The molecule has 0 aliphatic carbocycles. The number of hydrogen-bond acceptors (Lipinski definition) is 3. The molecule has 0 aliphatic rings. The van der Waals surface area contributed by atoms with Crippen molar-refractivity contribution < 1.29 is 4.52 Å². The number of nitrogens with one attached hydrogen (secondary N) is 1. The van der Waals surface area contributed by atoms with Crippen LogP contribution in [0, 0.1) is 0 Å². The van der Waals surface area contributed by atoms with Crippen molar-refractivity contribution in [2.75, 3.05) is 6.54 Å². The van der Waals surface area contributed by atoms with Crippen molar-refractivity contribution in [2.24, 2.45) is 0 Å². The van der Waals surface area contributed by atoms with Gasteiger partial charge in [-0.3, -0.25) is 0 Å². The molecule has 0 saturated heterocycles. The van der Waals surface area contributed by atoms with E-state index in [1.165, 1.54) is 0 Å². The van der Waals surface area contributed by atoms with Crippen LogP contribution >= 0.6 is 0 Å². The van der Waals surface area contributed by atoms with E-state index in [4.69, 9.17) is 4.52 Å². The number of nitrogens with zero attached hydrogens (tertiary/aromatic N) is 1. The van der Waals surface area contributed by atoms with Crippen LogP contribution in [0.3, 0.4) is 0 Å². The first-order valence-corrected chi connectivity index (χ1v) is 3.53. The molecule has 0 spiro atoms. The average Bonchev–Trinajstić information content (AvgIpc) is 2.41. The van der Waals surface area contributed by atoms with Crippen LogP contribution in [0.5, 0.6) is 0 Å². The third-order valence-electron chi connectivity index (χ3n) is 1.22. The summed E-state index contributed by atoms with van der Waals surface area (Å²) in [5, 5.41) is 6.79. The molecule has 1 N–H and O–H groups in total. The molecule has 0 unspecified atom stereocenters. The molecule has 0 fully saturated rings. The largest absolute Gasteiger partial charge is 0.360 e. The fourth-order valence-corrected chi connectivity index (χ4v) is 0.722. The maximum absolute atomic E-state index is 4.87. The first kappa shape index (κ1) is 7.28. The summed E-state index contributed by atoms with van der Waals surface area (Å²) < 4.78 is 4.87. The molecule has 0 amide bonds. The second kappa shape index (κ2) is 4.06. The highest BCUT2D eigenvalue weighted by Crippen LogP contribution is 1.94. The summed E-state index contributed by atoms with van der Waals surface area (Å²) in [6, 6.07) is 1.86. The van der Waals surface area contributed by atoms with Crippen LogP contribution in [-0.4, -0.2) is 11.7 Å². The summed E-state index contributed by atoms with van der Waals surface area (Å²) >= 11 is 0. The van der Waals surface area contributed by atoms with Gasteiger partial charge < -0.3 is 9.84 Å². The number of hydrogen-bond donors (Lipinski definition) is 1. The summed E-state index contributed by atoms with van der Waals surface area (Å²) in [5.74, 6) is 0.897. The third kappa shape index (κ3) is 2.19. The van der Waals surface area contributed by atoms with Crippen molar-refractivity contribution in [1.29, 1.82) is 0 Å². The van der Waals surface area contributed by atoms with Gasteiger partial charge in [0.2, 0.25) is 0 Å². The van der Waals surface area contributed by atoms with Gasteiger partial charge in [0.15, 0.2) is 0 Å². The van der Waals surface area contributed by atoms with Crippen molar-refractivity contribution in [3.63, 3.8) is 0 Å². The van der Waals surface area contributed by atoms with Crippen LogP contribution in [0.4, 0.5) is 0 Å². The second-order valence-electron chi connectivity index (χ2n) is 2.16. The molecule has 10 heavy (non-hydrogen) atoms. The Morgan fingerprint density at radius 1 is 1.70 bits per heavy atom. The fraction of sp³-hybridized carbons (Fsp3) is 0.571. The smallest absolute Gasteiger partial charge is 0.150 e. The summed E-state index contributed by atoms with van der Waals surface area (Å²) in [6.45, 7) is 3.95. The predicted octanol–water partition coefficient (Wildman–Crippen LogP) is 1.17. The Balaban J connectivity index is 2.15. The molecule has 1 aromatic rings. The van der Waals surface area contributed by atoms with Crippen LogP contribution in [0.2, 0.25) is 0 Å². The van der Waals surface area contributed by atoms with Gasteiger partial charge >= 0.3 is 0 Å². The summed E-state index contributed by atoms with van der Waals surface area (Å²) in [7, 11) is 0. The van der Waals surface area contributed by atoms with Crippen LogP contribution in [0.1, 0.15) is 19.1 Å². The van der Waals surface area contributed by atoms with Crippen LogP contribution < -0.4 is 5.32 Å². The Morgan fingerprint density at radius 2 is 2.60 bits per heavy atom. The third-order valence-corrected chi connectivity index (χ3v) is 1.22. The molecular formula is C7H12N2O. The molecule has 3 nitrogen and oxygen atoms in total. The van der Waals surface area contributed by atoms with Gasteiger partial charge in [0.25, 0.3) is 0 Å². The van der Waals surface area contributed by atoms with Gasteiger partial charge in [-0.1, -0.05) is 12.1 Å². The Bertz CT molecular complexity index is 160. The molecule has 1 rings (SSSR count). The van der Waals surface area contributed by atoms with Crippen LogP contribution in [0.25, 0.3) is 0 Å². The van der Waals surface area contributed by atoms with E-state index in [-0.39, 0.29) is 0 Å². The Labute approximate surface area is 60.4 Å². The lowest BCUT2D eigenvalue weighted by Gasteiger charge is -1.96. The fourth-order valence-electron chi connectivity index (χ4n) is 0.722. The van der Waals surface area contributed by atoms with Gasteiger partial charge in [-0.05, 0) is 13.0 Å². The molecule has 0 bridgehead atoms. The topological polar surface area (TPSA) is 38.1 Å². The molecule has 0 aromatic carbocycles. The van der Waals surface area contributed by atoms with E-state index in [0.29, 0.717) is 0 Å². The minimum Gasteiger partial charge on any atom is -0.360 e. The lowest BCUT2D eigenvalue weighted by Crippen LogP contribution is -2.12. The maximum Gasteiger partial charge on any atom is 0.150 e. The van der Waals surface area contributed by atoms with Gasteiger partial charge in [0, 0.05) is 6.07 Å². The van der Waals surface area contributed by atoms with Gasteiger partial charge in [-0.15, -0.1) is 0 Å². The lowest BCUT2D eigenvalue weighted by molar-refractivity contribution is 0.373. The predicted molar refractivity (Wildman–Crippen MR) is 38.5 cm³/mol. The van der Waals surface area contributed by atoms with E-state index in [9.17, 15) is 0 Å². The molecule has 0 aliphatic heterocycles. The molecule has 1 heterocycles. The molecule has 56 valence electrons. The highest BCUT2D eigenvalue weighted by Gasteiger charge is 1.92. The molecule has 0 atom stereocenters. The SMILES string of the molecule is CCCNCc1ccno1. The van der Waals surface area contributed by atoms with E-state index >= 15 is 0 Å². The summed E-state index contributed by atoms with van der Waals surface area (Å²) in [6.07, 6.45) is 2.80. The van der Waals surface area contributed by atoms with E-state index in [1.807, 2.05) is 6.07 Å². The van der Waals surface area contributed by atoms with E-state index in [1.54, 1.807) is 6.20 Å². The quantitative estimate of drug-likeness (QED) is 0.638. The van der Waals surface area contributed by atoms with E-state index in [2.05, 4.69) is 17.4 Å². The Kier molecular flexibility index (Phi) is 2.96.